The van der Waals surface area contributed by atoms with Crippen molar-refractivity contribution in [2.75, 3.05) is 13.6 Å². The second kappa shape index (κ2) is 6.89. The van der Waals surface area contributed by atoms with Crippen LogP contribution >= 0.6 is 0 Å². The number of fused-ring (bicyclic) bond motifs is 2. The topological polar surface area (TPSA) is 37.3 Å². The van der Waals surface area contributed by atoms with Gasteiger partial charge in [-0.15, -0.1) is 0 Å². The number of likely N-dealkylation sites (N-methyl/N-ethyl adjacent to an activating group) is 1. The van der Waals surface area contributed by atoms with Crippen LogP contribution in [0.1, 0.15) is 29.3 Å². The van der Waals surface area contributed by atoms with E-state index in [2.05, 4.69) is 83.4 Å². The van der Waals surface area contributed by atoms with Crippen LogP contribution in [0.2, 0.25) is 0 Å². The van der Waals surface area contributed by atoms with Crippen molar-refractivity contribution in [2.24, 2.45) is 0 Å². The Morgan fingerprint density at radius 2 is 1.93 bits per heavy atom. The summed E-state index contributed by atoms with van der Waals surface area (Å²) in [5.74, 6) is 0.0262. The Bertz CT molecular complexity index is 1130. The first kappa shape index (κ1) is 18.2. The molecule has 4 nitrogen and oxygen atoms in total. The lowest BCUT2D eigenvalue weighted by molar-refractivity contribution is -0.119. The number of nitrogens with one attached hydrogen (secondary N) is 1. The third kappa shape index (κ3) is 2.99. The zero-order valence-electron chi connectivity index (χ0n) is 17.3. The Hall–Kier alpha value is -2.85. The zero-order valence-corrected chi connectivity index (χ0v) is 17.3. The van der Waals surface area contributed by atoms with Gasteiger partial charge in [-0.25, -0.2) is 0 Å². The number of aromatic nitrogens is 1. The van der Waals surface area contributed by atoms with Gasteiger partial charge in [-0.3, -0.25) is 9.69 Å². The average Bonchev–Trinajstić information content (AvgIpc) is 2.96. The van der Waals surface area contributed by atoms with Crippen molar-refractivity contribution in [2.45, 2.75) is 38.9 Å². The van der Waals surface area contributed by atoms with Gasteiger partial charge in [0.1, 0.15) is 0 Å². The van der Waals surface area contributed by atoms with Crippen LogP contribution in [0.5, 0.6) is 0 Å². The lowest BCUT2D eigenvalue weighted by Gasteiger charge is -2.40. The highest BCUT2D eigenvalue weighted by atomic mass is 16.1. The Labute approximate surface area is 171 Å². The molecule has 0 bridgehead atoms. The maximum Gasteiger partial charge on any atom is 0.217 e. The minimum absolute atomic E-state index is 0.0262. The number of hydrogen-bond donors (Lipinski definition) is 1. The lowest BCUT2D eigenvalue weighted by Crippen LogP contribution is -2.49. The first-order chi connectivity index (χ1) is 14.0. The second-order valence-electron chi connectivity index (χ2n) is 8.42. The highest BCUT2D eigenvalue weighted by Gasteiger charge is 2.35. The number of carbonyl (C=O) groups is 1. The molecule has 4 heteroatoms. The van der Waals surface area contributed by atoms with Gasteiger partial charge in [-0.2, -0.15) is 0 Å². The Morgan fingerprint density at radius 1 is 1.14 bits per heavy atom. The molecule has 0 radical (unpaired) electrons. The third-order valence-electron chi connectivity index (χ3n) is 6.51. The van der Waals surface area contributed by atoms with Crippen molar-refractivity contribution < 1.29 is 4.79 Å². The summed E-state index contributed by atoms with van der Waals surface area (Å²) in [6.45, 7) is 5.60. The maximum atomic E-state index is 11.6. The van der Waals surface area contributed by atoms with Crippen LogP contribution in [-0.4, -0.2) is 41.1 Å². The van der Waals surface area contributed by atoms with Gasteiger partial charge in [-0.1, -0.05) is 48.5 Å². The van der Waals surface area contributed by atoms with Crippen LogP contribution < -0.4 is 5.32 Å². The summed E-state index contributed by atoms with van der Waals surface area (Å²) in [6.07, 6.45) is 3.31. The predicted octanol–water partition coefficient (Wildman–Crippen LogP) is 3.76. The molecule has 2 heterocycles. The van der Waals surface area contributed by atoms with E-state index >= 15 is 0 Å². The number of benzene rings is 2. The summed E-state index contributed by atoms with van der Waals surface area (Å²) >= 11 is 0. The molecular formula is C25H27N3O. The van der Waals surface area contributed by atoms with Gasteiger partial charge in [0.25, 0.3) is 0 Å². The van der Waals surface area contributed by atoms with Crippen LogP contribution in [0.15, 0.2) is 54.6 Å². The van der Waals surface area contributed by atoms with Gasteiger partial charge < -0.3 is 9.88 Å². The van der Waals surface area contributed by atoms with Crippen LogP contribution in [0.3, 0.4) is 0 Å². The molecule has 0 fully saturated rings. The van der Waals surface area contributed by atoms with Gasteiger partial charge >= 0.3 is 0 Å². The molecule has 2 aliphatic rings. The SMILES string of the molecule is CC(=O)N[C@H]1C=C2c3cccc4c3c(c(C)n4Cc3ccccc3)C[C@H]2N(C)C1. The second-order valence-corrected chi connectivity index (χ2v) is 8.42. The summed E-state index contributed by atoms with van der Waals surface area (Å²) in [5, 5.41) is 4.48. The third-order valence-corrected chi connectivity index (χ3v) is 6.51. The van der Waals surface area contributed by atoms with Crippen molar-refractivity contribution in [1.82, 2.24) is 14.8 Å². The van der Waals surface area contributed by atoms with Crippen LogP contribution in [0.25, 0.3) is 16.5 Å². The highest BCUT2D eigenvalue weighted by molar-refractivity contribution is 5.99. The predicted molar refractivity (Wildman–Crippen MR) is 118 cm³/mol. The molecule has 29 heavy (non-hydrogen) atoms. The molecule has 0 saturated heterocycles. The Balaban J connectivity index is 1.66. The van der Waals surface area contributed by atoms with Crippen molar-refractivity contribution in [1.29, 1.82) is 0 Å². The van der Waals surface area contributed by atoms with E-state index in [1.54, 1.807) is 6.92 Å². The number of hydrogen-bond acceptors (Lipinski definition) is 2. The van der Waals surface area contributed by atoms with Crippen LogP contribution in [-0.2, 0) is 17.8 Å². The van der Waals surface area contributed by atoms with Gasteiger partial charge in [0, 0.05) is 42.7 Å². The molecular weight excluding hydrogens is 358 g/mol. The van der Waals surface area contributed by atoms with Gasteiger partial charge in [0.2, 0.25) is 5.91 Å². The summed E-state index contributed by atoms with van der Waals surface area (Å²) in [5.41, 5.74) is 8.15. The Kier molecular flexibility index (Phi) is 4.32. The van der Waals surface area contributed by atoms with Crippen molar-refractivity contribution >= 4 is 22.4 Å². The standard InChI is InChI=1S/C25H27N3O/c1-16-21-13-24-22(12-19(15-27(24)3)26-17(2)29)20-10-7-11-23(25(20)21)28(16)14-18-8-5-4-6-9-18/h4-12,19,24H,13-15H2,1-3H3,(H,26,29)/t19-,24+/m0/s1. The summed E-state index contributed by atoms with van der Waals surface area (Å²) in [6, 6.07) is 17.8. The molecule has 0 unspecified atom stereocenters. The van der Waals surface area contributed by atoms with E-state index in [4.69, 9.17) is 0 Å². The first-order valence-electron chi connectivity index (χ1n) is 10.4. The number of carbonyl (C=O) groups excluding carboxylic acids is 1. The first-order valence-corrected chi connectivity index (χ1v) is 10.4. The molecule has 2 aromatic carbocycles. The number of amides is 1. The van der Waals surface area contributed by atoms with Crippen LogP contribution in [0, 0.1) is 6.92 Å². The number of nitrogens with zero attached hydrogens (tertiary/aromatic N) is 2. The molecule has 1 amide bonds. The summed E-state index contributed by atoms with van der Waals surface area (Å²) in [4.78, 5) is 14.0. The summed E-state index contributed by atoms with van der Waals surface area (Å²) in [7, 11) is 2.17. The fourth-order valence-electron chi connectivity index (χ4n) is 5.20. The molecule has 148 valence electrons. The summed E-state index contributed by atoms with van der Waals surface area (Å²) < 4.78 is 2.46. The fourth-order valence-corrected chi connectivity index (χ4v) is 5.20. The molecule has 0 saturated carbocycles. The fraction of sp³-hybridized carbons (Fsp3) is 0.320. The smallest absolute Gasteiger partial charge is 0.217 e. The largest absolute Gasteiger partial charge is 0.349 e. The molecule has 5 rings (SSSR count). The average molecular weight is 386 g/mol. The molecule has 1 N–H and O–H groups in total. The highest BCUT2D eigenvalue weighted by Crippen LogP contribution is 2.42. The van der Waals surface area contributed by atoms with E-state index in [1.165, 1.54) is 38.9 Å². The molecule has 1 aliphatic heterocycles. The molecule has 1 aliphatic carbocycles. The monoisotopic (exact) mass is 385 g/mol. The van der Waals surface area contributed by atoms with Gasteiger partial charge in [0.15, 0.2) is 0 Å². The van der Waals surface area contributed by atoms with Gasteiger partial charge in [-0.05, 0) is 48.7 Å². The quantitative estimate of drug-likeness (QED) is 0.745. The van der Waals surface area contributed by atoms with Gasteiger partial charge in [0.05, 0.1) is 6.04 Å². The van der Waals surface area contributed by atoms with E-state index in [-0.39, 0.29) is 11.9 Å². The molecule has 1 aromatic heterocycles. The van der Waals surface area contributed by atoms with E-state index in [1.807, 2.05) is 0 Å². The maximum absolute atomic E-state index is 11.6. The minimum Gasteiger partial charge on any atom is -0.349 e. The molecule has 2 atom stereocenters. The van der Waals surface area contributed by atoms with E-state index < -0.39 is 0 Å². The lowest BCUT2D eigenvalue weighted by atomic mass is 9.80. The van der Waals surface area contributed by atoms with Crippen LogP contribution in [0.4, 0.5) is 0 Å². The normalized spacial score (nSPS) is 21.0. The van der Waals surface area contributed by atoms with Crippen molar-refractivity contribution in [3.8, 4) is 0 Å². The Morgan fingerprint density at radius 3 is 2.69 bits per heavy atom. The zero-order chi connectivity index (χ0) is 20.1. The molecule has 0 spiro atoms. The van der Waals surface area contributed by atoms with Crippen molar-refractivity contribution in [3.05, 3.63) is 77.0 Å². The van der Waals surface area contributed by atoms with Crippen molar-refractivity contribution in [3.63, 3.8) is 0 Å². The van der Waals surface area contributed by atoms with E-state index in [0.29, 0.717) is 6.04 Å². The molecule has 3 aromatic rings. The van der Waals surface area contributed by atoms with E-state index in [0.717, 1.165) is 19.5 Å². The number of rotatable bonds is 3. The minimum atomic E-state index is 0.0262. The van der Waals surface area contributed by atoms with E-state index in [9.17, 15) is 4.79 Å².